The van der Waals surface area contributed by atoms with Crippen molar-refractivity contribution < 1.29 is 0 Å². The van der Waals surface area contributed by atoms with Gasteiger partial charge in [0.1, 0.15) is 0 Å². The topological polar surface area (TPSA) is 29.3 Å². The third-order valence-electron chi connectivity index (χ3n) is 3.24. The summed E-state index contributed by atoms with van der Waals surface area (Å²) in [7, 11) is 2.18. The first-order valence-electron chi connectivity index (χ1n) is 7.20. The summed E-state index contributed by atoms with van der Waals surface area (Å²) < 4.78 is 0. The molecule has 0 fully saturated rings. The molecule has 0 saturated heterocycles. The van der Waals surface area contributed by atoms with Crippen LogP contribution in [-0.2, 0) is 0 Å². The minimum Gasteiger partial charge on any atom is -0.324 e. The van der Waals surface area contributed by atoms with Gasteiger partial charge in [0.2, 0.25) is 0 Å². The van der Waals surface area contributed by atoms with Gasteiger partial charge >= 0.3 is 0 Å². The predicted octanol–water partition coefficient (Wildman–Crippen LogP) is 3.67. The molecule has 0 bridgehead atoms. The molecule has 0 saturated carbocycles. The lowest BCUT2D eigenvalue weighted by Crippen LogP contribution is -2.31. The van der Waals surface area contributed by atoms with Crippen molar-refractivity contribution in [3.63, 3.8) is 0 Å². The second-order valence-electron chi connectivity index (χ2n) is 7.11. The first kappa shape index (κ1) is 16.2. The fourth-order valence-corrected chi connectivity index (χ4v) is 2.64. The van der Waals surface area contributed by atoms with E-state index in [4.69, 9.17) is 5.73 Å². The third kappa shape index (κ3) is 6.22. The minimum absolute atomic E-state index is 0.140. The van der Waals surface area contributed by atoms with Crippen LogP contribution in [0, 0.1) is 19.3 Å². The largest absolute Gasteiger partial charge is 0.324 e. The number of nitrogens with two attached hydrogens (primary N) is 1. The molecule has 0 aliphatic carbocycles. The standard InChI is InChI=1S/C17H30N2/c1-13-9-14(2)11-15(10-13)16(18)7-8-19(6)12-17(3,4)5/h9-11,16H,7-8,12,18H2,1-6H3. The van der Waals surface area contributed by atoms with Crippen LogP contribution < -0.4 is 5.73 Å². The van der Waals surface area contributed by atoms with Crippen molar-refractivity contribution in [2.75, 3.05) is 20.1 Å². The Hall–Kier alpha value is -0.860. The first-order chi connectivity index (χ1) is 8.67. The molecule has 0 spiro atoms. The molecule has 2 nitrogen and oxygen atoms in total. The summed E-state index contributed by atoms with van der Waals surface area (Å²) in [6.07, 6.45) is 1.01. The van der Waals surface area contributed by atoms with Gasteiger partial charge in [0.25, 0.3) is 0 Å². The maximum absolute atomic E-state index is 6.32. The van der Waals surface area contributed by atoms with Gasteiger partial charge in [0, 0.05) is 12.6 Å². The molecule has 108 valence electrons. The number of aryl methyl sites for hydroxylation is 2. The molecule has 0 aromatic heterocycles. The monoisotopic (exact) mass is 262 g/mol. The number of rotatable bonds is 5. The molecule has 0 aliphatic heterocycles. The molecule has 0 radical (unpaired) electrons. The molecule has 0 amide bonds. The summed E-state index contributed by atoms with van der Waals surface area (Å²) in [4.78, 5) is 2.38. The molecule has 1 aromatic rings. The van der Waals surface area contributed by atoms with Crippen molar-refractivity contribution >= 4 is 0 Å². The van der Waals surface area contributed by atoms with E-state index in [0.29, 0.717) is 5.41 Å². The molecule has 1 aromatic carbocycles. The zero-order valence-corrected chi connectivity index (χ0v) is 13.5. The molecular weight excluding hydrogens is 232 g/mol. The Balaban J connectivity index is 2.53. The van der Waals surface area contributed by atoms with E-state index in [-0.39, 0.29) is 6.04 Å². The van der Waals surface area contributed by atoms with Crippen LogP contribution in [0.25, 0.3) is 0 Å². The molecule has 2 N–H and O–H groups in total. The average molecular weight is 262 g/mol. The zero-order chi connectivity index (χ0) is 14.6. The number of benzene rings is 1. The molecule has 1 rings (SSSR count). The average Bonchev–Trinajstić information content (AvgIpc) is 2.22. The predicted molar refractivity (Wildman–Crippen MR) is 84.4 cm³/mol. The van der Waals surface area contributed by atoms with Gasteiger partial charge in [-0.15, -0.1) is 0 Å². The maximum atomic E-state index is 6.32. The van der Waals surface area contributed by atoms with Crippen molar-refractivity contribution in [1.29, 1.82) is 0 Å². The van der Waals surface area contributed by atoms with Gasteiger partial charge in [-0.05, 0) is 44.8 Å². The van der Waals surface area contributed by atoms with Crippen LogP contribution in [0.3, 0.4) is 0 Å². The Bertz CT molecular complexity index is 384. The highest BCUT2D eigenvalue weighted by Gasteiger charge is 2.14. The van der Waals surface area contributed by atoms with E-state index in [2.05, 4.69) is 64.8 Å². The fraction of sp³-hybridized carbons (Fsp3) is 0.647. The van der Waals surface area contributed by atoms with Gasteiger partial charge in [0.15, 0.2) is 0 Å². The molecule has 1 atom stereocenters. The van der Waals surface area contributed by atoms with E-state index < -0.39 is 0 Å². The van der Waals surface area contributed by atoms with Crippen LogP contribution in [0.5, 0.6) is 0 Å². The summed E-state index contributed by atoms with van der Waals surface area (Å²) in [6, 6.07) is 6.76. The molecule has 0 heterocycles. The van der Waals surface area contributed by atoms with E-state index in [9.17, 15) is 0 Å². The normalized spacial score (nSPS) is 13.9. The lowest BCUT2D eigenvalue weighted by Gasteiger charge is -2.27. The highest BCUT2D eigenvalue weighted by molar-refractivity contribution is 5.30. The van der Waals surface area contributed by atoms with Crippen molar-refractivity contribution in [3.8, 4) is 0 Å². The molecule has 1 unspecified atom stereocenters. The smallest absolute Gasteiger partial charge is 0.0307 e. The Morgan fingerprint density at radius 1 is 1.11 bits per heavy atom. The Morgan fingerprint density at radius 3 is 2.11 bits per heavy atom. The van der Waals surface area contributed by atoms with E-state index in [1.165, 1.54) is 16.7 Å². The number of nitrogens with zero attached hydrogens (tertiary/aromatic N) is 1. The third-order valence-corrected chi connectivity index (χ3v) is 3.24. The van der Waals surface area contributed by atoms with Gasteiger partial charge < -0.3 is 10.6 Å². The zero-order valence-electron chi connectivity index (χ0n) is 13.5. The fourth-order valence-electron chi connectivity index (χ4n) is 2.64. The van der Waals surface area contributed by atoms with Crippen LogP contribution in [0.2, 0.25) is 0 Å². The van der Waals surface area contributed by atoms with E-state index in [1.807, 2.05) is 0 Å². The highest BCUT2D eigenvalue weighted by Crippen LogP contribution is 2.19. The van der Waals surface area contributed by atoms with E-state index >= 15 is 0 Å². The lowest BCUT2D eigenvalue weighted by atomic mass is 9.95. The lowest BCUT2D eigenvalue weighted by molar-refractivity contribution is 0.221. The number of hydrogen-bond acceptors (Lipinski definition) is 2. The van der Waals surface area contributed by atoms with Gasteiger partial charge in [-0.2, -0.15) is 0 Å². The minimum atomic E-state index is 0.140. The van der Waals surface area contributed by atoms with Gasteiger partial charge in [-0.25, -0.2) is 0 Å². The summed E-state index contributed by atoms with van der Waals surface area (Å²) in [6.45, 7) is 13.2. The summed E-state index contributed by atoms with van der Waals surface area (Å²) in [5.41, 5.74) is 10.5. The van der Waals surface area contributed by atoms with Crippen molar-refractivity contribution in [2.24, 2.45) is 11.1 Å². The summed E-state index contributed by atoms with van der Waals surface area (Å²) in [5.74, 6) is 0. The second-order valence-corrected chi connectivity index (χ2v) is 7.11. The van der Waals surface area contributed by atoms with Gasteiger partial charge in [-0.1, -0.05) is 50.1 Å². The van der Waals surface area contributed by atoms with Crippen LogP contribution in [0.15, 0.2) is 18.2 Å². The quantitative estimate of drug-likeness (QED) is 0.877. The molecular formula is C17H30N2. The van der Waals surface area contributed by atoms with Crippen LogP contribution in [0.1, 0.15) is 49.9 Å². The van der Waals surface area contributed by atoms with E-state index in [1.54, 1.807) is 0 Å². The molecule has 19 heavy (non-hydrogen) atoms. The van der Waals surface area contributed by atoms with Crippen molar-refractivity contribution in [1.82, 2.24) is 4.90 Å². The van der Waals surface area contributed by atoms with Crippen LogP contribution in [-0.4, -0.2) is 25.0 Å². The Labute approximate surface area is 119 Å². The van der Waals surface area contributed by atoms with E-state index in [0.717, 1.165) is 19.5 Å². The summed E-state index contributed by atoms with van der Waals surface area (Å²) >= 11 is 0. The van der Waals surface area contributed by atoms with Crippen LogP contribution >= 0.6 is 0 Å². The van der Waals surface area contributed by atoms with Crippen molar-refractivity contribution in [3.05, 3.63) is 34.9 Å². The highest BCUT2D eigenvalue weighted by atomic mass is 15.1. The second kappa shape index (κ2) is 6.53. The first-order valence-corrected chi connectivity index (χ1v) is 7.20. The molecule has 2 heteroatoms. The SMILES string of the molecule is Cc1cc(C)cc(C(N)CCN(C)CC(C)(C)C)c1. The van der Waals surface area contributed by atoms with Crippen molar-refractivity contribution in [2.45, 2.75) is 47.1 Å². The Kier molecular flexibility index (Phi) is 5.57. The number of hydrogen-bond donors (Lipinski definition) is 1. The summed E-state index contributed by atoms with van der Waals surface area (Å²) in [5, 5.41) is 0. The van der Waals surface area contributed by atoms with Crippen LogP contribution in [0.4, 0.5) is 0 Å². The maximum Gasteiger partial charge on any atom is 0.0307 e. The van der Waals surface area contributed by atoms with Gasteiger partial charge in [0.05, 0.1) is 0 Å². The Morgan fingerprint density at radius 2 is 1.63 bits per heavy atom. The van der Waals surface area contributed by atoms with Gasteiger partial charge in [-0.3, -0.25) is 0 Å². The molecule has 0 aliphatic rings.